The number of rotatable bonds is 5. The molecule has 0 aromatic carbocycles. The molecule has 0 bridgehead atoms. The third-order valence-electron chi connectivity index (χ3n) is 4.11. The zero-order valence-electron chi connectivity index (χ0n) is 12.8. The minimum Gasteiger partial charge on any atom is -0.493 e. The molecule has 1 aromatic heterocycles. The molecule has 20 heavy (non-hydrogen) atoms. The van der Waals surface area contributed by atoms with E-state index < -0.39 is 0 Å². The molecular weight excluding hydrogens is 318 g/mol. The first-order valence-corrected chi connectivity index (χ1v) is 8.43. The maximum absolute atomic E-state index is 5.56. The van der Waals surface area contributed by atoms with Gasteiger partial charge in [0, 0.05) is 17.3 Å². The molecule has 0 spiro atoms. The zero-order chi connectivity index (χ0) is 14.5. The normalized spacial score (nSPS) is 23.9. The van der Waals surface area contributed by atoms with Crippen LogP contribution in [0.4, 0.5) is 0 Å². The molecule has 0 saturated heterocycles. The Kier molecular flexibility index (Phi) is 5.90. The van der Waals surface area contributed by atoms with Gasteiger partial charge in [0.25, 0.3) is 0 Å². The van der Waals surface area contributed by atoms with Gasteiger partial charge >= 0.3 is 0 Å². The van der Waals surface area contributed by atoms with E-state index in [9.17, 15) is 0 Å². The van der Waals surface area contributed by atoms with Gasteiger partial charge in [0.2, 0.25) is 0 Å². The molecule has 0 radical (unpaired) electrons. The van der Waals surface area contributed by atoms with Gasteiger partial charge in [-0.05, 0) is 26.9 Å². The first-order chi connectivity index (χ1) is 9.63. The van der Waals surface area contributed by atoms with E-state index in [-0.39, 0.29) is 0 Å². The third kappa shape index (κ3) is 3.76. The van der Waals surface area contributed by atoms with E-state index in [2.05, 4.69) is 44.7 Å². The number of methoxy groups -OCH3 is 1. The molecule has 2 rings (SSSR count). The lowest BCUT2D eigenvalue weighted by Gasteiger charge is -2.23. The lowest BCUT2D eigenvalue weighted by Crippen LogP contribution is -2.23. The summed E-state index contributed by atoms with van der Waals surface area (Å²) < 4.78 is 7.70. The van der Waals surface area contributed by atoms with Gasteiger partial charge in [-0.1, -0.05) is 35.2 Å². The number of hydrogen-bond acceptors (Lipinski definition) is 3. The van der Waals surface area contributed by atoms with Crippen LogP contribution in [0.3, 0.4) is 0 Å². The molecule has 114 valence electrons. The molecular formula is C15H26BrN3O. The molecule has 0 aliphatic heterocycles. The predicted molar refractivity (Wildman–Crippen MR) is 85.9 cm³/mol. The lowest BCUT2D eigenvalue weighted by atomic mass is 9.95. The van der Waals surface area contributed by atoms with Crippen molar-refractivity contribution in [1.29, 1.82) is 0 Å². The fourth-order valence-corrected chi connectivity index (χ4v) is 3.79. The highest BCUT2D eigenvalue weighted by atomic mass is 79.9. The molecule has 1 saturated carbocycles. The largest absolute Gasteiger partial charge is 0.493 e. The molecule has 0 N–H and O–H groups in total. The fraction of sp³-hybridized carbons (Fsp3) is 0.800. The fourth-order valence-electron chi connectivity index (χ4n) is 2.95. The average Bonchev–Trinajstić information content (AvgIpc) is 2.71. The molecule has 1 aliphatic carbocycles. The summed E-state index contributed by atoms with van der Waals surface area (Å²) in [5.41, 5.74) is 1.28. The van der Waals surface area contributed by atoms with Gasteiger partial charge in [-0.15, -0.1) is 0 Å². The highest BCUT2D eigenvalue weighted by Crippen LogP contribution is 2.40. The van der Waals surface area contributed by atoms with Crippen molar-refractivity contribution in [2.45, 2.75) is 49.4 Å². The van der Waals surface area contributed by atoms with Crippen LogP contribution in [-0.2, 0) is 6.54 Å². The van der Waals surface area contributed by atoms with E-state index in [1.807, 2.05) is 6.20 Å². The van der Waals surface area contributed by atoms with Crippen molar-refractivity contribution in [3.63, 3.8) is 0 Å². The minimum absolute atomic E-state index is 0.511. The Hall–Kier alpha value is -0.550. The van der Waals surface area contributed by atoms with E-state index in [1.54, 1.807) is 7.11 Å². The van der Waals surface area contributed by atoms with Crippen molar-refractivity contribution in [3.05, 3.63) is 11.9 Å². The maximum Gasteiger partial charge on any atom is 0.160 e. The summed E-state index contributed by atoms with van der Waals surface area (Å²) in [6.45, 7) is 1.92. The van der Waals surface area contributed by atoms with E-state index in [0.29, 0.717) is 10.7 Å². The summed E-state index contributed by atoms with van der Waals surface area (Å²) in [6, 6.07) is 0. The van der Waals surface area contributed by atoms with Crippen LogP contribution in [0.2, 0.25) is 0 Å². The first-order valence-electron chi connectivity index (χ1n) is 7.52. The second-order valence-corrected chi connectivity index (χ2v) is 7.06. The average molecular weight is 344 g/mol. The predicted octanol–water partition coefficient (Wildman–Crippen LogP) is 3.26. The Balaban J connectivity index is 2.24. The highest BCUT2D eigenvalue weighted by molar-refractivity contribution is 9.09. The molecule has 4 nitrogen and oxygen atoms in total. The second-order valence-electron chi connectivity index (χ2n) is 5.89. The lowest BCUT2D eigenvalue weighted by molar-refractivity contribution is 0.358. The molecule has 2 atom stereocenters. The smallest absolute Gasteiger partial charge is 0.160 e. The topological polar surface area (TPSA) is 30.3 Å². The number of likely N-dealkylation sites (N-methyl/N-ethyl adjacent to an activating group) is 1. The van der Waals surface area contributed by atoms with E-state index >= 15 is 0 Å². The quantitative estimate of drug-likeness (QED) is 0.607. The van der Waals surface area contributed by atoms with Gasteiger partial charge < -0.3 is 9.64 Å². The molecule has 1 heterocycles. The van der Waals surface area contributed by atoms with Crippen molar-refractivity contribution in [1.82, 2.24) is 14.7 Å². The van der Waals surface area contributed by atoms with Crippen molar-refractivity contribution < 1.29 is 4.74 Å². The summed E-state index contributed by atoms with van der Waals surface area (Å²) in [6.07, 6.45) is 8.30. The van der Waals surface area contributed by atoms with Gasteiger partial charge in [0.1, 0.15) is 0 Å². The Morgan fingerprint density at radius 1 is 1.35 bits per heavy atom. The van der Waals surface area contributed by atoms with Crippen LogP contribution in [0, 0.1) is 0 Å². The van der Waals surface area contributed by atoms with E-state index in [4.69, 9.17) is 4.74 Å². The zero-order valence-corrected chi connectivity index (χ0v) is 14.4. The van der Waals surface area contributed by atoms with Gasteiger partial charge in [0.05, 0.1) is 25.5 Å². The number of ether oxygens (including phenoxy) is 1. The van der Waals surface area contributed by atoms with Crippen molar-refractivity contribution >= 4 is 15.9 Å². The summed E-state index contributed by atoms with van der Waals surface area (Å²) >= 11 is 3.90. The monoisotopic (exact) mass is 343 g/mol. The van der Waals surface area contributed by atoms with Crippen LogP contribution in [0.1, 0.15) is 43.7 Å². The maximum atomic E-state index is 5.56. The van der Waals surface area contributed by atoms with E-state index in [0.717, 1.165) is 18.8 Å². The number of hydrogen-bond donors (Lipinski definition) is 0. The number of alkyl halides is 1. The summed E-state index contributed by atoms with van der Waals surface area (Å²) in [5.74, 6) is 1.46. The number of halogens is 1. The third-order valence-corrected chi connectivity index (χ3v) is 5.20. The van der Waals surface area contributed by atoms with Gasteiger partial charge in [0.15, 0.2) is 5.75 Å². The van der Waals surface area contributed by atoms with Crippen molar-refractivity contribution in [2.24, 2.45) is 0 Å². The van der Waals surface area contributed by atoms with Crippen LogP contribution in [0.15, 0.2) is 6.20 Å². The summed E-state index contributed by atoms with van der Waals surface area (Å²) in [5, 5.41) is 4.54. The Morgan fingerprint density at radius 2 is 2.10 bits per heavy atom. The molecule has 1 aliphatic rings. The van der Waals surface area contributed by atoms with Crippen LogP contribution in [0.5, 0.6) is 5.75 Å². The summed E-state index contributed by atoms with van der Waals surface area (Å²) in [7, 11) is 5.94. The van der Waals surface area contributed by atoms with Gasteiger partial charge in [-0.3, -0.25) is 4.68 Å². The van der Waals surface area contributed by atoms with Crippen LogP contribution in [-0.4, -0.2) is 47.3 Å². The number of nitrogens with zero attached hydrogens (tertiary/aromatic N) is 3. The Bertz CT molecular complexity index is 419. The second kappa shape index (κ2) is 7.46. The SMILES string of the molecule is COc1cnn(CCN(C)C)c1C1CCCCCC1Br. The molecule has 2 unspecified atom stereocenters. The molecule has 5 heteroatoms. The van der Waals surface area contributed by atoms with E-state index in [1.165, 1.54) is 37.8 Å². The molecule has 1 fully saturated rings. The highest BCUT2D eigenvalue weighted by Gasteiger charge is 2.29. The molecule has 1 aromatic rings. The first kappa shape index (κ1) is 15.8. The van der Waals surface area contributed by atoms with Crippen LogP contribution >= 0.6 is 15.9 Å². The Labute approximate surface area is 130 Å². The van der Waals surface area contributed by atoms with Gasteiger partial charge in [-0.25, -0.2) is 0 Å². The van der Waals surface area contributed by atoms with Crippen molar-refractivity contribution in [3.8, 4) is 5.75 Å². The Morgan fingerprint density at radius 3 is 2.80 bits per heavy atom. The van der Waals surface area contributed by atoms with Gasteiger partial charge in [-0.2, -0.15) is 5.10 Å². The van der Waals surface area contributed by atoms with Crippen molar-refractivity contribution in [2.75, 3.05) is 27.7 Å². The van der Waals surface area contributed by atoms with Crippen LogP contribution in [0.25, 0.3) is 0 Å². The molecule has 0 amide bonds. The summed E-state index contributed by atoms with van der Waals surface area (Å²) in [4.78, 5) is 2.73. The standard InChI is InChI=1S/C15H26BrN3O/c1-18(2)9-10-19-15(14(20-3)11-17-19)12-7-5-4-6-8-13(12)16/h11-13H,4-10H2,1-3H3. The number of aromatic nitrogens is 2. The minimum atomic E-state index is 0.511. The van der Waals surface area contributed by atoms with Crippen LogP contribution < -0.4 is 4.74 Å².